The lowest BCUT2D eigenvalue weighted by Gasteiger charge is -2.30. The Balaban J connectivity index is 1.94. The molecule has 0 aliphatic heterocycles. The second-order valence-electron chi connectivity index (χ2n) is 9.28. The lowest BCUT2D eigenvalue weighted by Crippen LogP contribution is -3.11. The largest absolute Gasteiger partial charge is 0.461 e. The van der Waals surface area contributed by atoms with Crippen LogP contribution >= 0.6 is 0 Å². The van der Waals surface area contributed by atoms with Crippen molar-refractivity contribution in [2.75, 3.05) is 19.6 Å². The highest BCUT2D eigenvalue weighted by Gasteiger charge is 2.33. The first kappa shape index (κ1) is 24.1. The molecule has 1 N–H and O–H groups in total. The van der Waals surface area contributed by atoms with Gasteiger partial charge < -0.3 is 9.64 Å². The van der Waals surface area contributed by atoms with Gasteiger partial charge in [-0.3, -0.25) is 9.00 Å². The van der Waals surface area contributed by atoms with Gasteiger partial charge in [0.2, 0.25) is 0 Å². The maximum absolute atomic E-state index is 13.1. The van der Waals surface area contributed by atoms with Crippen molar-refractivity contribution in [1.82, 2.24) is 0 Å². The average molecular weight is 423 g/mol. The highest BCUT2D eigenvalue weighted by atomic mass is 32.2. The minimum absolute atomic E-state index is 0.0456. The molecule has 4 nitrogen and oxygen atoms in total. The Morgan fingerprint density at radius 1 is 1.10 bits per heavy atom. The van der Waals surface area contributed by atoms with Gasteiger partial charge in [-0.25, -0.2) is 0 Å². The number of nitrogens with one attached hydrogen (secondary N) is 1. The molecule has 1 fully saturated rings. The number of esters is 1. The van der Waals surface area contributed by atoms with Gasteiger partial charge in [0, 0.05) is 16.6 Å². The fourth-order valence-corrected chi connectivity index (χ4v) is 5.68. The second kappa shape index (κ2) is 11.3. The Kier molecular flexibility index (Phi) is 9.35. The molecule has 1 aliphatic rings. The summed E-state index contributed by atoms with van der Waals surface area (Å²) >= 11 is 0. The predicted molar refractivity (Wildman–Crippen MR) is 121 cm³/mol. The van der Waals surface area contributed by atoms with Gasteiger partial charge in [0.1, 0.15) is 6.10 Å². The summed E-state index contributed by atoms with van der Waals surface area (Å²) in [5, 5.41) is -0.0456. The van der Waals surface area contributed by atoms with Crippen LogP contribution in [0.25, 0.3) is 0 Å². The standard InChI is InChI=1S/C24H39NO3S/c1-6-25(7-2)17-16-23(26)28-21-10-8-9-11-22(21)29(27)18-19-12-14-20(15-13-19)24(3,4)5/h12-15,21-22H,6-11,16-18H2,1-5H3/p+1/t21-,22-,29-/m1/s1. The fraction of sp³-hybridized carbons (Fsp3) is 0.708. The third kappa shape index (κ3) is 7.53. The molecule has 0 amide bonds. The van der Waals surface area contributed by atoms with Crippen LogP contribution in [0.1, 0.15) is 77.8 Å². The Labute approximate surface area is 179 Å². The number of ether oxygens (including phenoxy) is 1. The molecule has 1 saturated carbocycles. The van der Waals surface area contributed by atoms with E-state index in [1.54, 1.807) is 0 Å². The summed E-state index contributed by atoms with van der Waals surface area (Å²) in [6, 6.07) is 8.46. The monoisotopic (exact) mass is 422 g/mol. The first-order valence-electron chi connectivity index (χ1n) is 11.2. The molecule has 1 aromatic carbocycles. The van der Waals surface area contributed by atoms with Crippen LogP contribution in [0.3, 0.4) is 0 Å². The van der Waals surface area contributed by atoms with Crippen LogP contribution in [0.2, 0.25) is 0 Å². The summed E-state index contributed by atoms with van der Waals surface area (Å²) in [4.78, 5) is 13.8. The lowest BCUT2D eigenvalue weighted by atomic mass is 9.87. The molecule has 2 rings (SSSR count). The quantitative estimate of drug-likeness (QED) is 0.621. The van der Waals surface area contributed by atoms with Crippen molar-refractivity contribution in [3.05, 3.63) is 35.4 Å². The van der Waals surface area contributed by atoms with Crippen LogP contribution in [0.15, 0.2) is 24.3 Å². The minimum Gasteiger partial charge on any atom is -0.461 e. The van der Waals surface area contributed by atoms with E-state index < -0.39 is 10.8 Å². The van der Waals surface area contributed by atoms with Crippen LogP contribution in [0.5, 0.6) is 0 Å². The van der Waals surface area contributed by atoms with Gasteiger partial charge >= 0.3 is 5.97 Å². The van der Waals surface area contributed by atoms with E-state index in [0.29, 0.717) is 12.2 Å². The summed E-state index contributed by atoms with van der Waals surface area (Å²) in [6.07, 6.45) is 4.08. The molecule has 0 radical (unpaired) electrons. The molecular weight excluding hydrogens is 382 g/mol. The summed E-state index contributed by atoms with van der Waals surface area (Å²) in [7, 11) is -1.03. The molecule has 0 saturated heterocycles. The normalized spacial score (nSPS) is 21.2. The van der Waals surface area contributed by atoms with E-state index in [1.165, 1.54) is 10.5 Å². The molecule has 1 aliphatic carbocycles. The SMILES string of the molecule is CC[NH+](CC)CCC(=O)O[C@@H]1CCCC[C@H]1[S@](=O)Cc1ccc(C(C)(C)C)cc1. The molecule has 3 atom stereocenters. The molecule has 0 unspecified atom stereocenters. The minimum atomic E-state index is -1.03. The fourth-order valence-electron chi connectivity index (χ4n) is 3.98. The zero-order valence-corrected chi connectivity index (χ0v) is 19.8. The van der Waals surface area contributed by atoms with E-state index in [4.69, 9.17) is 4.74 Å². The number of carbonyl (C=O) groups excluding carboxylic acids is 1. The van der Waals surface area contributed by atoms with Gasteiger partial charge in [-0.15, -0.1) is 0 Å². The van der Waals surface area contributed by atoms with Crippen LogP contribution in [-0.4, -0.2) is 41.2 Å². The maximum atomic E-state index is 13.1. The zero-order valence-electron chi connectivity index (χ0n) is 19.0. The van der Waals surface area contributed by atoms with Crippen LogP contribution in [0, 0.1) is 0 Å². The maximum Gasteiger partial charge on any atom is 0.311 e. The van der Waals surface area contributed by atoms with Crippen LogP contribution in [0.4, 0.5) is 0 Å². The molecule has 0 spiro atoms. The van der Waals surface area contributed by atoms with Crippen molar-refractivity contribution in [2.24, 2.45) is 0 Å². The number of rotatable bonds is 9. The molecule has 0 bridgehead atoms. The number of benzene rings is 1. The number of quaternary nitrogens is 1. The third-order valence-corrected chi connectivity index (χ3v) is 7.91. The van der Waals surface area contributed by atoms with E-state index in [9.17, 15) is 9.00 Å². The Hall–Kier alpha value is -1.20. The zero-order chi connectivity index (χ0) is 21.4. The number of hydrogen-bond donors (Lipinski definition) is 1. The smallest absolute Gasteiger partial charge is 0.311 e. The third-order valence-electron chi connectivity index (χ3n) is 6.07. The van der Waals surface area contributed by atoms with E-state index in [0.717, 1.165) is 50.9 Å². The van der Waals surface area contributed by atoms with Crippen LogP contribution in [-0.2, 0) is 31.5 Å². The van der Waals surface area contributed by atoms with Gasteiger partial charge in [-0.2, -0.15) is 0 Å². The van der Waals surface area contributed by atoms with E-state index in [-0.39, 0.29) is 22.7 Å². The van der Waals surface area contributed by atoms with Crippen molar-refractivity contribution in [3.8, 4) is 0 Å². The Morgan fingerprint density at radius 2 is 1.72 bits per heavy atom. The molecule has 29 heavy (non-hydrogen) atoms. The summed E-state index contributed by atoms with van der Waals surface area (Å²) in [5.41, 5.74) is 2.50. The van der Waals surface area contributed by atoms with Gasteiger partial charge in [0.05, 0.1) is 31.3 Å². The number of hydrogen-bond acceptors (Lipinski definition) is 3. The summed E-state index contributed by atoms with van der Waals surface area (Å²) in [6.45, 7) is 13.7. The molecule has 5 heteroatoms. The van der Waals surface area contributed by atoms with Crippen molar-refractivity contribution in [2.45, 2.75) is 89.2 Å². The Morgan fingerprint density at radius 3 is 2.31 bits per heavy atom. The van der Waals surface area contributed by atoms with E-state index in [2.05, 4.69) is 58.9 Å². The van der Waals surface area contributed by atoms with Gasteiger partial charge in [0.25, 0.3) is 0 Å². The van der Waals surface area contributed by atoms with Gasteiger partial charge in [-0.05, 0) is 49.7 Å². The molecule has 1 aromatic rings. The second-order valence-corrected chi connectivity index (χ2v) is 10.9. The lowest BCUT2D eigenvalue weighted by molar-refractivity contribution is -0.895. The molecule has 164 valence electrons. The highest BCUT2D eigenvalue weighted by molar-refractivity contribution is 7.84. The predicted octanol–water partition coefficient (Wildman–Crippen LogP) is 3.40. The molecule has 0 aromatic heterocycles. The van der Waals surface area contributed by atoms with E-state index >= 15 is 0 Å². The van der Waals surface area contributed by atoms with Gasteiger partial charge in [-0.1, -0.05) is 51.5 Å². The molecule has 0 heterocycles. The average Bonchev–Trinajstić information content (AvgIpc) is 2.69. The number of carbonyl (C=O) groups is 1. The topological polar surface area (TPSA) is 47.8 Å². The van der Waals surface area contributed by atoms with Crippen molar-refractivity contribution in [3.63, 3.8) is 0 Å². The Bertz CT molecular complexity index is 662. The first-order valence-corrected chi connectivity index (χ1v) is 12.6. The van der Waals surface area contributed by atoms with Crippen LogP contribution < -0.4 is 4.90 Å². The van der Waals surface area contributed by atoms with E-state index in [1.807, 2.05) is 0 Å². The first-order chi connectivity index (χ1) is 13.7. The summed E-state index contributed by atoms with van der Waals surface area (Å²) < 4.78 is 18.9. The highest BCUT2D eigenvalue weighted by Crippen LogP contribution is 2.28. The van der Waals surface area contributed by atoms with Crippen molar-refractivity contribution < 1.29 is 18.6 Å². The van der Waals surface area contributed by atoms with Gasteiger partial charge in [0.15, 0.2) is 0 Å². The summed E-state index contributed by atoms with van der Waals surface area (Å²) in [5.74, 6) is 0.403. The van der Waals surface area contributed by atoms with Crippen molar-refractivity contribution in [1.29, 1.82) is 0 Å². The van der Waals surface area contributed by atoms with Crippen molar-refractivity contribution >= 4 is 16.8 Å². The molecular formula is C24H40NO3S+.